The lowest BCUT2D eigenvalue weighted by Gasteiger charge is -2.22. The van der Waals surface area contributed by atoms with Crippen molar-refractivity contribution in [1.29, 1.82) is 0 Å². The fourth-order valence-electron chi connectivity index (χ4n) is 1.02. The normalized spacial score (nSPS) is 12.6. The smallest absolute Gasteiger partial charge is 0.438 e. The van der Waals surface area contributed by atoms with Crippen molar-refractivity contribution in [2.45, 2.75) is 25.3 Å². The number of ether oxygens (including phenoxy) is 2. The summed E-state index contributed by atoms with van der Waals surface area (Å²) in [5, 5.41) is 0. The molecule has 0 spiro atoms. The minimum atomic E-state index is -1.01. The van der Waals surface area contributed by atoms with E-state index in [-0.39, 0.29) is 18.8 Å². The van der Waals surface area contributed by atoms with Gasteiger partial charge in [0.1, 0.15) is 0 Å². The number of hydrogen-bond acceptors (Lipinski definition) is 5. The van der Waals surface area contributed by atoms with E-state index in [0.717, 1.165) is 0 Å². The zero-order valence-electron chi connectivity index (χ0n) is 10.1. The lowest BCUT2D eigenvalue weighted by molar-refractivity contribution is -0.121. The van der Waals surface area contributed by atoms with Crippen LogP contribution < -0.4 is 5.73 Å². The number of rotatable bonds is 5. The number of nitrogens with two attached hydrogens (primary N) is 1. The molecule has 0 aromatic rings. The topological polar surface area (TPSA) is 78.6 Å². The first-order chi connectivity index (χ1) is 7.96. The highest BCUT2D eigenvalue weighted by atomic mass is 16.7. The number of Topliss-reactive ketones (excluding diaryl/α,β-unsaturated/α-hetero) is 1. The van der Waals surface area contributed by atoms with Gasteiger partial charge in [0.05, 0.1) is 12.6 Å². The summed E-state index contributed by atoms with van der Waals surface area (Å²) < 4.78 is 8.80. The summed E-state index contributed by atoms with van der Waals surface area (Å²) in [6.07, 6.45) is 1.33. The third-order valence-corrected chi connectivity index (χ3v) is 2.17. The molecule has 1 unspecified atom stereocenters. The molecule has 0 amide bonds. The molecule has 0 aliphatic carbocycles. The molecular weight excluding hydrogens is 222 g/mol. The molecule has 17 heavy (non-hydrogen) atoms. The second-order valence-electron chi connectivity index (χ2n) is 3.48. The molecular formula is C12H17NO4. The fraction of sp³-hybridized carbons (Fsp3) is 0.500. The Kier molecular flexibility index (Phi) is 6.68. The zero-order chi connectivity index (χ0) is 13.3. The van der Waals surface area contributed by atoms with E-state index in [2.05, 4.69) is 27.9 Å². The third-order valence-electron chi connectivity index (χ3n) is 2.17. The number of methoxy groups -OCH3 is 1. The summed E-state index contributed by atoms with van der Waals surface area (Å²) in [6.45, 7) is 4.86. The molecule has 1 atom stereocenters. The number of ketones is 1. The van der Waals surface area contributed by atoms with Gasteiger partial charge in [0, 0.05) is 6.42 Å². The van der Waals surface area contributed by atoms with E-state index in [9.17, 15) is 9.59 Å². The summed E-state index contributed by atoms with van der Waals surface area (Å²) in [5.74, 6) is 5.12. The third kappa shape index (κ3) is 5.73. The second-order valence-corrected chi connectivity index (χ2v) is 3.48. The van der Waals surface area contributed by atoms with Crippen LogP contribution in [-0.4, -0.2) is 31.2 Å². The Balaban J connectivity index is 4.23. The van der Waals surface area contributed by atoms with Gasteiger partial charge in [-0.1, -0.05) is 17.9 Å². The number of hydrogen-bond donors (Lipinski definition) is 1. The van der Waals surface area contributed by atoms with Gasteiger partial charge >= 0.3 is 6.16 Å². The highest BCUT2D eigenvalue weighted by molar-refractivity contribution is 5.86. The first-order valence-corrected chi connectivity index (χ1v) is 5.03. The Bertz CT molecular complexity index is 353. The minimum absolute atomic E-state index is 0.0885. The van der Waals surface area contributed by atoms with Crippen molar-refractivity contribution in [3.05, 3.63) is 12.7 Å². The predicted molar refractivity (Wildman–Crippen MR) is 63.2 cm³/mol. The summed E-state index contributed by atoms with van der Waals surface area (Å²) in [5.41, 5.74) is 4.85. The van der Waals surface area contributed by atoms with Crippen molar-refractivity contribution < 1.29 is 19.1 Å². The van der Waals surface area contributed by atoms with E-state index in [1.165, 1.54) is 14.0 Å². The van der Waals surface area contributed by atoms with E-state index in [0.29, 0.717) is 6.42 Å². The van der Waals surface area contributed by atoms with Gasteiger partial charge in [0.25, 0.3) is 0 Å². The Morgan fingerprint density at radius 3 is 2.59 bits per heavy atom. The van der Waals surface area contributed by atoms with E-state index < -0.39 is 11.7 Å². The van der Waals surface area contributed by atoms with Crippen LogP contribution in [0.25, 0.3) is 0 Å². The fourth-order valence-corrected chi connectivity index (χ4v) is 1.02. The van der Waals surface area contributed by atoms with E-state index in [1.54, 1.807) is 6.08 Å². The monoisotopic (exact) mass is 239 g/mol. The standard InChI is InChI=1S/C12H17NO4/c1-4-7-12(13,10(2)14)8-5-6-9-17-11(15)16-3/h4H,1,7-9,13H2,2-3H3. The quantitative estimate of drug-likeness (QED) is 0.440. The molecule has 0 aliphatic heterocycles. The van der Waals surface area contributed by atoms with Crippen LogP contribution in [0.4, 0.5) is 4.79 Å². The van der Waals surface area contributed by atoms with Gasteiger partial charge in [-0.2, -0.15) is 0 Å². The molecule has 5 heteroatoms. The average Bonchev–Trinajstić information content (AvgIpc) is 2.28. The summed E-state index contributed by atoms with van der Waals surface area (Å²) in [7, 11) is 1.21. The Hall–Kier alpha value is -1.80. The van der Waals surface area contributed by atoms with E-state index >= 15 is 0 Å². The molecule has 0 saturated carbocycles. The summed E-state index contributed by atoms with van der Waals surface area (Å²) in [4.78, 5) is 21.9. The van der Waals surface area contributed by atoms with Crippen LogP contribution in [0.2, 0.25) is 0 Å². The zero-order valence-corrected chi connectivity index (χ0v) is 10.1. The highest BCUT2D eigenvalue weighted by Crippen LogP contribution is 2.13. The van der Waals surface area contributed by atoms with E-state index in [4.69, 9.17) is 5.73 Å². The molecule has 0 radical (unpaired) electrons. The molecule has 5 nitrogen and oxygen atoms in total. The highest BCUT2D eigenvalue weighted by Gasteiger charge is 2.27. The molecule has 0 saturated heterocycles. The van der Waals surface area contributed by atoms with Gasteiger partial charge < -0.3 is 15.2 Å². The van der Waals surface area contributed by atoms with Crippen molar-refractivity contribution in [3.8, 4) is 11.8 Å². The lowest BCUT2D eigenvalue weighted by Crippen LogP contribution is -2.45. The molecule has 0 aromatic heterocycles. The maximum Gasteiger partial charge on any atom is 0.508 e. The molecule has 0 bridgehead atoms. The molecule has 0 fully saturated rings. The molecule has 0 rings (SSSR count). The van der Waals surface area contributed by atoms with Gasteiger partial charge in [-0.3, -0.25) is 4.79 Å². The van der Waals surface area contributed by atoms with Crippen LogP contribution in [0.1, 0.15) is 19.8 Å². The molecule has 2 N–H and O–H groups in total. The van der Waals surface area contributed by atoms with Gasteiger partial charge in [-0.05, 0) is 13.3 Å². The van der Waals surface area contributed by atoms with Crippen LogP contribution >= 0.6 is 0 Å². The van der Waals surface area contributed by atoms with Gasteiger partial charge in [0.2, 0.25) is 0 Å². The van der Waals surface area contributed by atoms with Gasteiger partial charge in [-0.15, -0.1) is 6.58 Å². The van der Waals surface area contributed by atoms with E-state index in [1.807, 2.05) is 0 Å². The van der Waals surface area contributed by atoms with Crippen LogP contribution in [0.5, 0.6) is 0 Å². The molecule has 94 valence electrons. The minimum Gasteiger partial charge on any atom is -0.438 e. The van der Waals surface area contributed by atoms with Crippen LogP contribution in [0.3, 0.4) is 0 Å². The first-order valence-electron chi connectivity index (χ1n) is 5.03. The Morgan fingerprint density at radius 2 is 2.12 bits per heavy atom. The van der Waals surface area contributed by atoms with Crippen molar-refractivity contribution in [2.24, 2.45) is 5.73 Å². The maximum atomic E-state index is 11.3. The predicted octanol–water partition coefficient (Wildman–Crippen LogP) is 1.03. The first kappa shape index (κ1) is 15.2. The second kappa shape index (κ2) is 7.47. The van der Waals surface area contributed by atoms with Crippen molar-refractivity contribution >= 4 is 11.9 Å². The summed E-state index contributed by atoms with van der Waals surface area (Å²) >= 11 is 0. The maximum absolute atomic E-state index is 11.3. The van der Waals surface area contributed by atoms with Gasteiger partial charge in [0.15, 0.2) is 12.4 Å². The van der Waals surface area contributed by atoms with Gasteiger partial charge in [-0.25, -0.2) is 4.79 Å². The molecule has 0 aromatic carbocycles. The lowest BCUT2D eigenvalue weighted by atomic mass is 9.89. The van der Waals surface area contributed by atoms with Crippen LogP contribution in [0.15, 0.2) is 12.7 Å². The van der Waals surface area contributed by atoms with Crippen molar-refractivity contribution in [2.75, 3.05) is 13.7 Å². The molecule has 0 heterocycles. The summed E-state index contributed by atoms with van der Waals surface area (Å²) in [6, 6.07) is 0. The van der Waals surface area contributed by atoms with Crippen LogP contribution in [0, 0.1) is 11.8 Å². The van der Waals surface area contributed by atoms with Crippen molar-refractivity contribution in [3.63, 3.8) is 0 Å². The van der Waals surface area contributed by atoms with Crippen molar-refractivity contribution in [1.82, 2.24) is 0 Å². The van der Waals surface area contributed by atoms with Crippen LogP contribution in [-0.2, 0) is 14.3 Å². The average molecular weight is 239 g/mol. The Labute approximate surface area is 101 Å². The number of carbonyl (C=O) groups is 2. The molecule has 0 aliphatic rings. The Morgan fingerprint density at radius 1 is 1.47 bits per heavy atom. The number of carbonyl (C=O) groups excluding carboxylic acids is 2. The SMILES string of the molecule is C=CCC(N)(CC#CCOC(=O)OC)C(C)=O. The largest absolute Gasteiger partial charge is 0.508 e.